The first-order valence-electron chi connectivity index (χ1n) is 6.94. The molecule has 0 fully saturated rings. The molecule has 21 heavy (non-hydrogen) atoms. The van der Waals surface area contributed by atoms with Gasteiger partial charge in [-0.15, -0.1) is 0 Å². The molecule has 0 spiro atoms. The number of sulfonamides is 1. The number of carbonyl (C=O) groups is 1. The number of benzene rings is 1. The highest BCUT2D eigenvalue weighted by molar-refractivity contribution is 7.89. The summed E-state index contributed by atoms with van der Waals surface area (Å²) in [6, 6.07) is 7.90. The van der Waals surface area contributed by atoms with Crippen LogP contribution >= 0.6 is 0 Å². The van der Waals surface area contributed by atoms with Crippen LogP contribution < -0.4 is 4.72 Å². The number of rotatable bonds is 9. The first kappa shape index (κ1) is 17.6. The van der Waals surface area contributed by atoms with Gasteiger partial charge in [-0.05, 0) is 18.6 Å². The van der Waals surface area contributed by atoms with Crippen molar-refractivity contribution in [3.05, 3.63) is 30.3 Å². The van der Waals surface area contributed by atoms with Crippen LogP contribution in [0, 0.1) is 0 Å². The Kier molecular flexibility index (Phi) is 7.35. The Labute approximate surface area is 125 Å². The maximum Gasteiger partial charge on any atom is 0.241 e. The van der Waals surface area contributed by atoms with E-state index in [9.17, 15) is 13.2 Å². The van der Waals surface area contributed by atoms with E-state index in [0.717, 1.165) is 12.8 Å². The molecule has 6 nitrogen and oxygen atoms in total. The van der Waals surface area contributed by atoms with Gasteiger partial charge >= 0.3 is 0 Å². The molecule has 0 saturated heterocycles. The number of amides is 1. The van der Waals surface area contributed by atoms with E-state index in [2.05, 4.69) is 4.72 Å². The van der Waals surface area contributed by atoms with Crippen molar-refractivity contribution in [3.8, 4) is 0 Å². The van der Waals surface area contributed by atoms with E-state index in [1.807, 2.05) is 6.92 Å². The molecule has 0 aliphatic carbocycles. The molecule has 0 bridgehead atoms. The van der Waals surface area contributed by atoms with Gasteiger partial charge in [0.15, 0.2) is 0 Å². The van der Waals surface area contributed by atoms with Crippen molar-refractivity contribution in [2.24, 2.45) is 0 Å². The molecule has 0 aromatic heterocycles. The van der Waals surface area contributed by atoms with E-state index < -0.39 is 10.0 Å². The monoisotopic (exact) mass is 314 g/mol. The van der Waals surface area contributed by atoms with E-state index >= 15 is 0 Å². The normalized spacial score (nSPS) is 11.3. The maximum absolute atomic E-state index is 12.0. The molecule has 1 amide bonds. The topological polar surface area (TPSA) is 86.7 Å². The van der Waals surface area contributed by atoms with Gasteiger partial charge in [-0.1, -0.05) is 31.5 Å². The van der Waals surface area contributed by atoms with E-state index in [0.29, 0.717) is 6.54 Å². The molecule has 7 heteroatoms. The summed E-state index contributed by atoms with van der Waals surface area (Å²) in [5, 5.41) is 8.96. The van der Waals surface area contributed by atoms with Crippen LogP contribution in [0.2, 0.25) is 0 Å². The summed E-state index contributed by atoms with van der Waals surface area (Å²) in [5.74, 6) is -0.336. The number of nitrogens with one attached hydrogen (secondary N) is 1. The molecular formula is C14H22N2O4S. The van der Waals surface area contributed by atoms with Gasteiger partial charge in [0.2, 0.25) is 15.9 Å². The van der Waals surface area contributed by atoms with E-state index in [1.165, 1.54) is 17.0 Å². The second-order valence-corrected chi connectivity index (χ2v) is 6.36. The number of carbonyl (C=O) groups excluding carboxylic acids is 1. The molecule has 1 aromatic carbocycles. The minimum absolute atomic E-state index is 0.125. The Morgan fingerprint density at radius 1 is 1.24 bits per heavy atom. The average molecular weight is 314 g/mol. The Morgan fingerprint density at radius 3 is 2.48 bits per heavy atom. The molecule has 2 N–H and O–H groups in total. The summed E-state index contributed by atoms with van der Waals surface area (Å²) < 4.78 is 26.3. The van der Waals surface area contributed by atoms with Crippen LogP contribution in [-0.2, 0) is 14.8 Å². The van der Waals surface area contributed by atoms with Crippen LogP contribution in [-0.4, -0.2) is 50.6 Å². The minimum atomic E-state index is -3.68. The van der Waals surface area contributed by atoms with Crippen LogP contribution in [0.15, 0.2) is 35.2 Å². The smallest absolute Gasteiger partial charge is 0.241 e. The highest BCUT2D eigenvalue weighted by atomic mass is 32.2. The molecule has 0 aliphatic heterocycles. The minimum Gasteiger partial charge on any atom is -0.395 e. The Morgan fingerprint density at radius 2 is 1.90 bits per heavy atom. The zero-order valence-corrected chi connectivity index (χ0v) is 13.0. The fraction of sp³-hybridized carbons (Fsp3) is 0.500. The van der Waals surface area contributed by atoms with Crippen molar-refractivity contribution in [2.75, 3.05) is 26.2 Å². The third-order valence-electron chi connectivity index (χ3n) is 2.97. The third kappa shape index (κ3) is 5.82. The Hall–Kier alpha value is -1.44. The standard InChI is InChI=1S/C14H22N2O4S/c1-2-3-9-16(10-11-17)14(18)12-15-21(19,20)13-7-5-4-6-8-13/h4-8,15,17H,2-3,9-12H2,1H3. The summed E-state index contributed by atoms with van der Waals surface area (Å²) in [6.45, 7) is 2.29. The molecule has 0 radical (unpaired) electrons. The Balaban J connectivity index is 2.61. The molecule has 0 unspecified atom stereocenters. The molecule has 1 rings (SSSR count). The number of hydrogen-bond acceptors (Lipinski definition) is 4. The van der Waals surface area contributed by atoms with Crippen molar-refractivity contribution in [2.45, 2.75) is 24.7 Å². The van der Waals surface area contributed by atoms with E-state index in [-0.39, 0.29) is 30.5 Å². The van der Waals surface area contributed by atoms with Crippen LogP contribution in [0.1, 0.15) is 19.8 Å². The molecule has 0 atom stereocenters. The van der Waals surface area contributed by atoms with Crippen LogP contribution in [0.5, 0.6) is 0 Å². The largest absolute Gasteiger partial charge is 0.395 e. The number of unbranched alkanes of at least 4 members (excludes halogenated alkanes) is 1. The number of aliphatic hydroxyl groups excluding tert-OH is 1. The van der Waals surface area contributed by atoms with E-state index in [1.54, 1.807) is 18.2 Å². The average Bonchev–Trinajstić information content (AvgIpc) is 2.50. The summed E-state index contributed by atoms with van der Waals surface area (Å²) in [7, 11) is -3.68. The lowest BCUT2D eigenvalue weighted by atomic mass is 10.3. The first-order valence-corrected chi connectivity index (χ1v) is 8.43. The summed E-state index contributed by atoms with van der Waals surface area (Å²) in [5.41, 5.74) is 0. The van der Waals surface area contributed by atoms with Crippen molar-refractivity contribution in [1.82, 2.24) is 9.62 Å². The lowest BCUT2D eigenvalue weighted by molar-refractivity contribution is -0.130. The van der Waals surface area contributed by atoms with E-state index in [4.69, 9.17) is 5.11 Å². The van der Waals surface area contributed by atoms with Crippen LogP contribution in [0.3, 0.4) is 0 Å². The van der Waals surface area contributed by atoms with Crippen molar-refractivity contribution in [3.63, 3.8) is 0 Å². The van der Waals surface area contributed by atoms with Gasteiger partial charge in [-0.3, -0.25) is 4.79 Å². The number of hydrogen-bond donors (Lipinski definition) is 2. The van der Waals surface area contributed by atoms with Gasteiger partial charge in [-0.25, -0.2) is 13.1 Å². The van der Waals surface area contributed by atoms with Gasteiger partial charge in [0.1, 0.15) is 0 Å². The number of nitrogens with zero attached hydrogens (tertiary/aromatic N) is 1. The maximum atomic E-state index is 12.0. The predicted octanol–water partition coefficient (Wildman–Crippen LogP) is 0.586. The highest BCUT2D eigenvalue weighted by Crippen LogP contribution is 2.06. The van der Waals surface area contributed by atoms with Gasteiger partial charge in [0, 0.05) is 13.1 Å². The molecule has 0 heterocycles. The molecule has 0 saturated carbocycles. The fourth-order valence-electron chi connectivity index (χ4n) is 1.78. The lowest BCUT2D eigenvalue weighted by Crippen LogP contribution is -2.41. The van der Waals surface area contributed by atoms with Gasteiger partial charge in [0.05, 0.1) is 18.0 Å². The second-order valence-electron chi connectivity index (χ2n) is 4.60. The third-order valence-corrected chi connectivity index (χ3v) is 4.39. The predicted molar refractivity (Wildman–Crippen MR) is 80.2 cm³/mol. The first-order chi connectivity index (χ1) is 10.0. The number of aliphatic hydroxyl groups is 1. The van der Waals surface area contributed by atoms with Crippen molar-refractivity contribution in [1.29, 1.82) is 0 Å². The molecular weight excluding hydrogens is 292 g/mol. The van der Waals surface area contributed by atoms with Gasteiger partial charge in [0.25, 0.3) is 0 Å². The van der Waals surface area contributed by atoms with Gasteiger partial charge in [-0.2, -0.15) is 0 Å². The SMILES string of the molecule is CCCCN(CCO)C(=O)CNS(=O)(=O)c1ccccc1. The quantitative estimate of drug-likeness (QED) is 0.698. The van der Waals surface area contributed by atoms with Gasteiger partial charge < -0.3 is 10.0 Å². The molecule has 0 aliphatic rings. The fourth-order valence-corrected chi connectivity index (χ4v) is 2.78. The summed E-state index contributed by atoms with van der Waals surface area (Å²) in [6.07, 6.45) is 1.74. The lowest BCUT2D eigenvalue weighted by Gasteiger charge is -2.21. The zero-order valence-electron chi connectivity index (χ0n) is 12.2. The van der Waals surface area contributed by atoms with Crippen molar-refractivity contribution >= 4 is 15.9 Å². The highest BCUT2D eigenvalue weighted by Gasteiger charge is 2.18. The van der Waals surface area contributed by atoms with Crippen molar-refractivity contribution < 1.29 is 18.3 Å². The summed E-state index contributed by atoms with van der Waals surface area (Å²) >= 11 is 0. The molecule has 118 valence electrons. The van der Waals surface area contributed by atoms with Crippen LogP contribution in [0.25, 0.3) is 0 Å². The molecule has 1 aromatic rings. The summed E-state index contributed by atoms with van der Waals surface area (Å²) in [4.78, 5) is 13.6. The van der Waals surface area contributed by atoms with Crippen LogP contribution in [0.4, 0.5) is 0 Å². The Bertz CT molecular complexity index is 531. The second kappa shape index (κ2) is 8.76. The zero-order chi connectivity index (χ0) is 15.7.